The van der Waals surface area contributed by atoms with Gasteiger partial charge >= 0.3 is 0 Å². The smallest absolute Gasteiger partial charge is 0.144 e. The molecule has 0 aliphatic heterocycles. The Morgan fingerprint density at radius 1 is 1.44 bits per heavy atom. The standard InChI is InChI=1S/C12H13Cl2FN2O/c1-18-4-2-3-17-11-5-8(14)9(15)6-10(11)16-12(17)7-13/h5-6H,2-4,7H2,1H3. The van der Waals surface area contributed by atoms with Gasteiger partial charge in [-0.25, -0.2) is 9.37 Å². The molecule has 6 heteroatoms. The molecule has 0 atom stereocenters. The van der Waals surface area contributed by atoms with Gasteiger partial charge in [-0.1, -0.05) is 11.6 Å². The number of nitrogens with zero attached hydrogens (tertiary/aromatic N) is 2. The number of aryl methyl sites for hydroxylation is 1. The fourth-order valence-electron chi connectivity index (χ4n) is 1.89. The Hall–Kier alpha value is -0.840. The van der Waals surface area contributed by atoms with Crippen LogP contribution in [-0.4, -0.2) is 23.3 Å². The van der Waals surface area contributed by atoms with Crippen molar-refractivity contribution in [3.8, 4) is 0 Å². The number of benzene rings is 1. The van der Waals surface area contributed by atoms with Crippen molar-refractivity contribution in [1.29, 1.82) is 0 Å². The van der Waals surface area contributed by atoms with Crippen molar-refractivity contribution in [1.82, 2.24) is 9.55 Å². The van der Waals surface area contributed by atoms with Crippen LogP contribution in [0.2, 0.25) is 5.02 Å². The van der Waals surface area contributed by atoms with Crippen LogP contribution in [0.15, 0.2) is 12.1 Å². The summed E-state index contributed by atoms with van der Waals surface area (Å²) in [7, 11) is 1.65. The summed E-state index contributed by atoms with van der Waals surface area (Å²) in [6.07, 6.45) is 0.834. The lowest BCUT2D eigenvalue weighted by Crippen LogP contribution is -2.05. The Kier molecular flexibility index (Phi) is 4.43. The van der Waals surface area contributed by atoms with Crippen LogP contribution in [0, 0.1) is 5.82 Å². The summed E-state index contributed by atoms with van der Waals surface area (Å²) >= 11 is 11.7. The molecule has 98 valence electrons. The molecule has 0 amide bonds. The van der Waals surface area contributed by atoms with E-state index in [0.717, 1.165) is 11.9 Å². The number of methoxy groups -OCH3 is 1. The van der Waals surface area contributed by atoms with Gasteiger partial charge < -0.3 is 9.30 Å². The maximum Gasteiger partial charge on any atom is 0.144 e. The van der Waals surface area contributed by atoms with Crippen molar-refractivity contribution in [2.75, 3.05) is 13.7 Å². The summed E-state index contributed by atoms with van der Waals surface area (Å²) in [6.45, 7) is 1.37. The van der Waals surface area contributed by atoms with Crippen LogP contribution in [0.1, 0.15) is 12.2 Å². The maximum atomic E-state index is 13.4. The van der Waals surface area contributed by atoms with Gasteiger partial charge in [-0.05, 0) is 12.5 Å². The fraction of sp³-hybridized carbons (Fsp3) is 0.417. The van der Waals surface area contributed by atoms with E-state index < -0.39 is 5.82 Å². The Morgan fingerprint density at radius 2 is 2.22 bits per heavy atom. The predicted octanol–water partition coefficient (Wildman–Crippen LogP) is 3.60. The van der Waals surface area contributed by atoms with Crippen LogP contribution in [-0.2, 0) is 17.2 Å². The van der Waals surface area contributed by atoms with Crippen molar-refractivity contribution in [3.05, 3.63) is 28.8 Å². The molecule has 3 nitrogen and oxygen atoms in total. The molecule has 1 aromatic heterocycles. The molecule has 0 fully saturated rings. The van der Waals surface area contributed by atoms with Gasteiger partial charge in [0.2, 0.25) is 0 Å². The van der Waals surface area contributed by atoms with Crippen LogP contribution >= 0.6 is 23.2 Å². The molecule has 1 heterocycles. The summed E-state index contributed by atoms with van der Waals surface area (Å²) in [5.74, 6) is 0.525. The summed E-state index contributed by atoms with van der Waals surface area (Å²) in [6, 6.07) is 2.92. The number of halogens is 3. The number of hydrogen-bond donors (Lipinski definition) is 0. The number of imidazole rings is 1. The highest BCUT2D eigenvalue weighted by molar-refractivity contribution is 6.31. The Morgan fingerprint density at radius 3 is 2.89 bits per heavy atom. The summed E-state index contributed by atoms with van der Waals surface area (Å²) < 4.78 is 20.3. The van der Waals surface area contributed by atoms with Gasteiger partial charge in [-0.15, -0.1) is 11.6 Å². The van der Waals surface area contributed by atoms with E-state index in [4.69, 9.17) is 27.9 Å². The molecule has 0 unspecified atom stereocenters. The second-order valence-corrected chi connectivity index (χ2v) is 4.59. The van der Waals surface area contributed by atoms with Crippen LogP contribution in [0.25, 0.3) is 11.0 Å². The Bertz CT molecular complexity index is 556. The molecule has 0 bridgehead atoms. The first kappa shape index (κ1) is 13.6. The molecular formula is C12H13Cl2FN2O. The zero-order valence-corrected chi connectivity index (χ0v) is 11.4. The van der Waals surface area contributed by atoms with Gasteiger partial charge in [-0.2, -0.15) is 0 Å². The largest absolute Gasteiger partial charge is 0.385 e. The van der Waals surface area contributed by atoms with E-state index in [-0.39, 0.29) is 10.9 Å². The molecule has 0 saturated heterocycles. The van der Waals surface area contributed by atoms with E-state index in [1.165, 1.54) is 6.07 Å². The van der Waals surface area contributed by atoms with E-state index in [9.17, 15) is 4.39 Å². The zero-order chi connectivity index (χ0) is 13.1. The second-order valence-electron chi connectivity index (χ2n) is 3.91. The molecule has 0 N–H and O–H groups in total. The van der Waals surface area contributed by atoms with Crippen molar-refractivity contribution in [3.63, 3.8) is 0 Å². The minimum atomic E-state index is -0.466. The third-order valence-electron chi connectivity index (χ3n) is 2.72. The van der Waals surface area contributed by atoms with Crippen molar-refractivity contribution >= 4 is 34.2 Å². The Labute approximate surface area is 114 Å². The molecular weight excluding hydrogens is 278 g/mol. The van der Waals surface area contributed by atoms with E-state index in [1.54, 1.807) is 13.2 Å². The summed E-state index contributed by atoms with van der Waals surface area (Å²) in [4.78, 5) is 4.30. The Balaban J connectivity index is 2.44. The maximum absolute atomic E-state index is 13.4. The first-order chi connectivity index (χ1) is 8.67. The molecule has 0 spiro atoms. The minimum Gasteiger partial charge on any atom is -0.385 e. The van der Waals surface area contributed by atoms with Gasteiger partial charge in [0.15, 0.2) is 0 Å². The van der Waals surface area contributed by atoms with Crippen molar-refractivity contribution in [2.24, 2.45) is 0 Å². The van der Waals surface area contributed by atoms with Gasteiger partial charge in [0, 0.05) is 26.3 Å². The number of aromatic nitrogens is 2. The number of fused-ring (bicyclic) bond motifs is 1. The third-order valence-corrected chi connectivity index (χ3v) is 3.25. The first-order valence-corrected chi connectivity index (χ1v) is 6.47. The van der Waals surface area contributed by atoms with Gasteiger partial charge in [0.25, 0.3) is 0 Å². The zero-order valence-electron chi connectivity index (χ0n) is 9.92. The number of alkyl halides is 1. The van der Waals surface area contributed by atoms with E-state index in [1.807, 2.05) is 4.57 Å². The third kappa shape index (κ3) is 2.60. The minimum absolute atomic E-state index is 0.0940. The van der Waals surface area contributed by atoms with Gasteiger partial charge in [0.05, 0.1) is 21.9 Å². The van der Waals surface area contributed by atoms with Crippen LogP contribution in [0.5, 0.6) is 0 Å². The number of rotatable bonds is 5. The lowest BCUT2D eigenvalue weighted by Gasteiger charge is -2.07. The number of ether oxygens (including phenoxy) is 1. The van der Waals surface area contributed by atoms with Crippen molar-refractivity contribution < 1.29 is 9.13 Å². The summed E-state index contributed by atoms with van der Waals surface area (Å²) in [5.41, 5.74) is 1.37. The van der Waals surface area contributed by atoms with E-state index >= 15 is 0 Å². The van der Waals surface area contributed by atoms with Gasteiger partial charge in [-0.3, -0.25) is 0 Å². The van der Waals surface area contributed by atoms with E-state index in [2.05, 4.69) is 4.98 Å². The van der Waals surface area contributed by atoms with Crippen LogP contribution < -0.4 is 0 Å². The average molecular weight is 291 g/mol. The fourth-order valence-corrected chi connectivity index (χ4v) is 2.25. The molecule has 18 heavy (non-hydrogen) atoms. The molecule has 2 rings (SSSR count). The quantitative estimate of drug-likeness (QED) is 0.621. The van der Waals surface area contributed by atoms with Crippen LogP contribution in [0.4, 0.5) is 4.39 Å². The van der Waals surface area contributed by atoms with Crippen molar-refractivity contribution in [2.45, 2.75) is 18.8 Å². The van der Waals surface area contributed by atoms with Crippen LogP contribution in [0.3, 0.4) is 0 Å². The van der Waals surface area contributed by atoms with Gasteiger partial charge in [0.1, 0.15) is 11.6 Å². The highest BCUT2D eigenvalue weighted by Crippen LogP contribution is 2.24. The molecule has 0 aliphatic carbocycles. The van der Waals surface area contributed by atoms with E-state index in [0.29, 0.717) is 24.5 Å². The highest BCUT2D eigenvalue weighted by atomic mass is 35.5. The normalized spacial score (nSPS) is 11.3. The summed E-state index contributed by atoms with van der Waals surface area (Å²) in [5, 5.41) is 0.0940. The number of hydrogen-bond acceptors (Lipinski definition) is 2. The SMILES string of the molecule is COCCCn1c(CCl)nc2cc(F)c(Cl)cc21. The average Bonchev–Trinajstić information content (AvgIpc) is 2.68. The lowest BCUT2D eigenvalue weighted by molar-refractivity contribution is 0.190. The lowest BCUT2D eigenvalue weighted by atomic mass is 10.3. The molecule has 0 aliphatic rings. The monoisotopic (exact) mass is 290 g/mol. The molecule has 2 aromatic rings. The predicted molar refractivity (Wildman–Crippen MR) is 70.8 cm³/mol. The highest BCUT2D eigenvalue weighted by Gasteiger charge is 2.12. The molecule has 0 saturated carbocycles. The second kappa shape index (κ2) is 5.87. The topological polar surface area (TPSA) is 27.1 Å². The molecule has 1 aromatic carbocycles. The first-order valence-electron chi connectivity index (χ1n) is 5.56. The molecule has 0 radical (unpaired) electrons.